The molecule has 4 heteroatoms. The van der Waals surface area contributed by atoms with Gasteiger partial charge < -0.3 is 10.2 Å². The number of nitrogens with one attached hydrogen (secondary N) is 1. The summed E-state index contributed by atoms with van der Waals surface area (Å²) in [5.74, 6) is -0.0709. The first-order valence-corrected chi connectivity index (χ1v) is 9.28. The third-order valence-corrected chi connectivity index (χ3v) is 5.20. The Morgan fingerprint density at radius 1 is 1.12 bits per heavy atom. The Hall–Kier alpha value is -2.62. The zero-order valence-corrected chi connectivity index (χ0v) is 15.4. The van der Waals surface area contributed by atoms with Gasteiger partial charge >= 0.3 is 0 Å². The fourth-order valence-corrected chi connectivity index (χ4v) is 3.82. The van der Waals surface area contributed by atoms with Crippen LogP contribution in [-0.2, 0) is 16.1 Å². The molecule has 2 aromatic rings. The molecule has 26 heavy (non-hydrogen) atoms. The van der Waals surface area contributed by atoms with E-state index in [0.717, 1.165) is 16.7 Å². The molecule has 1 aliphatic heterocycles. The summed E-state index contributed by atoms with van der Waals surface area (Å²) in [5, 5.41) is 3.07. The lowest BCUT2D eigenvalue weighted by molar-refractivity contribution is -0.143. The summed E-state index contributed by atoms with van der Waals surface area (Å²) >= 11 is 0. The van der Waals surface area contributed by atoms with Crippen molar-refractivity contribution in [3.8, 4) is 0 Å². The molecular weight excluding hydrogens is 324 g/mol. The van der Waals surface area contributed by atoms with E-state index in [1.54, 1.807) is 0 Å². The van der Waals surface area contributed by atoms with Gasteiger partial charge in [0.05, 0.1) is 12.0 Å². The van der Waals surface area contributed by atoms with Gasteiger partial charge in [-0.15, -0.1) is 0 Å². The number of hydrogen-bond acceptors (Lipinski definition) is 2. The Morgan fingerprint density at radius 2 is 1.81 bits per heavy atom. The number of amides is 2. The lowest BCUT2D eigenvalue weighted by Crippen LogP contribution is -2.48. The molecule has 0 saturated carbocycles. The van der Waals surface area contributed by atoms with Gasteiger partial charge in [0.2, 0.25) is 11.8 Å². The van der Waals surface area contributed by atoms with E-state index in [0.29, 0.717) is 25.9 Å². The van der Waals surface area contributed by atoms with Gasteiger partial charge in [0, 0.05) is 19.5 Å². The quantitative estimate of drug-likeness (QED) is 0.895. The van der Waals surface area contributed by atoms with Crippen LogP contribution in [0.2, 0.25) is 0 Å². The zero-order chi connectivity index (χ0) is 18.5. The monoisotopic (exact) mass is 350 g/mol. The number of nitrogens with zero attached hydrogens (tertiary/aromatic N) is 1. The highest BCUT2D eigenvalue weighted by molar-refractivity contribution is 5.85. The van der Waals surface area contributed by atoms with Crippen LogP contribution in [0.25, 0.3) is 0 Å². The van der Waals surface area contributed by atoms with Crippen LogP contribution in [0, 0.1) is 12.8 Å². The average molecular weight is 350 g/mol. The van der Waals surface area contributed by atoms with Crippen LogP contribution >= 0.6 is 0 Å². The van der Waals surface area contributed by atoms with Crippen LogP contribution in [-0.4, -0.2) is 23.3 Å². The molecule has 0 aliphatic carbocycles. The minimum atomic E-state index is -0.225. The largest absolute Gasteiger partial charge is 0.352 e. The highest BCUT2D eigenvalue weighted by atomic mass is 16.2. The maximum Gasteiger partial charge on any atom is 0.225 e. The molecule has 1 heterocycles. The molecule has 2 atom stereocenters. The predicted molar refractivity (Wildman–Crippen MR) is 102 cm³/mol. The van der Waals surface area contributed by atoms with Crippen LogP contribution in [0.3, 0.4) is 0 Å². The molecule has 0 unspecified atom stereocenters. The van der Waals surface area contributed by atoms with Crippen LogP contribution in [0.15, 0.2) is 54.6 Å². The Bertz CT molecular complexity index is 773. The Kier molecular flexibility index (Phi) is 5.71. The molecule has 3 rings (SSSR count). The van der Waals surface area contributed by atoms with E-state index in [1.807, 2.05) is 73.3 Å². The molecule has 2 amide bonds. The minimum absolute atomic E-state index is 0.0213. The van der Waals surface area contributed by atoms with Gasteiger partial charge in [-0.2, -0.15) is 0 Å². The van der Waals surface area contributed by atoms with Crippen molar-refractivity contribution in [3.63, 3.8) is 0 Å². The van der Waals surface area contributed by atoms with Crippen molar-refractivity contribution in [2.24, 2.45) is 5.92 Å². The van der Waals surface area contributed by atoms with E-state index in [2.05, 4.69) is 5.32 Å². The Morgan fingerprint density at radius 3 is 2.50 bits per heavy atom. The predicted octanol–water partition coefficient (Wildman–Crippen LogP) is 3.61. The number of benzene rings is 2. The minimum Gasteiger partial charge on any atom is -0.352 e. The summed E-state index contributed by atoms with van der Waals surface area (Å²) < 4.78 is 0. The third-order valence-electron chi connectivity index (χ3n) is 5.20. The number of aryl methyl sites for hydroxylation is 1. The topological polar surface area (TPSA) is 49.4 Å². The highest BCUT2D eigenvalue weighted by Crippen LogP contribution is 2.38. The Balaban J connectivity index is 1.84. The summed E-state index contributed by atoms with van der Waals surface area (Å²) in [6.07, 6.45) is 1.02. The number of carbonyl (C=O) groups is 2. The number of likely N-dealkylation sites (tertiary alicyclic amines) is 1. The zero-order valence-electron chi connectivity index (χ0n) is 15.4. The van der Waals surface area contributed by atoms with Gasteiger partial charge in [0.15, 0.2) is 0 Å². The molecule has 1 fully saturated rings. The maximum atomic E-state index is 13.0. The standard InChI is InChI=1S/C22H26N2O2/c1-3-24-20(25)14-13-19(21(24)18-12-8-7-9-16(18)2)22(26)23-15-17-10-5-4-6-11-17/h4-12,19,21H,3,13-15H2,1-2H3,(H,23,26)/t19-,21+/m1/s1. The van der Waals surface area contributed by atoms with Gasteiger partial charge in [-0.1, -0.05) is 54.6 Å². The van der Waals surface area contributed by atoms with Gasteiger partial charge in [0.1, 0.15) is 0 Å². The van der Waals surface area contributed by atoms with E-state index in [4.69, 9.17) is 0 Å². The van der Waals surface area contributed by atoms with E-state index in [9.17, 15) is 9.59 Å². The first kappa shape index (κ1) is 18.2. The van der Waals surface area contributed by atoms with Crippen molar-refractivity contribution in [2.75, 3.05) is 6.54 Å². The van der Waals surface area contributed by atoms with Gasteiger partial charge in [-0.05, 0) is 37.0 Å². The van der Waals surface area contributed by atoms with Crippen LogP contribution in [0.1, 0.15) is 42.5 Å². The highest BCUT2D eigenvalue weighted by Gasteiger charge is 2.40. The summed E-state index contributed by atoms with van der Waals surface area (Å²) in [6.45, 7) is 5.14. The normalized spacial score (nSPS) is 20.1. The van der Waals surface area contributed by atoms with Crippen molar-refractivity contribution < 1.29 is 9.59 Å². The smallest absolute Gasteiger partial charge is 0.225 e. The molecule has 136 valence electrons. The van der Waals surface area contributed by atoms with Gasteiger partial charge in [-0.25, -0.2) is 0 Å². The van der Waals surface area contributed by atoms with Crippen molar-refractivity contribution in [1.29, 1.82) is 0 Å². The number of hydrogen-bond donors (Lipinski definition) is 1. The second-order valence-corrected chi connectivity index (χ2v) is 6.83. The molecule has 0 spiro atoms. The van der Waals surface area contributed by atoms with Crippen molar-refractivity contribution >= 4 is 11.8 Å². The van der Waals surface area contributed by atoms with Crippen molar-refractivity contribution in [3.05, 3.63) is 71.3 Å². The lowest BCUT2D eigenvalue weighted by Gasteiger charge is -2.41. The third kappa shape index (κ3) is 3.79. The van der Waals surface area contributed by atoms with Crippen LogP contribution in [0.5, 0.6) is 0 Å². The molecule has 1 saturated heterocycles. The molecule has 1 aliphatic rings. The van der Waals surface area contributed by atoms with Gasteiger partial charge in [0.25, 0.3) is 0 Å². The summed E-state index contributed by atoms with van der Waals surface area (Å²) in [7, 11) is 0. The molecule has 4 nitrogen and oxygen atoms in total. The van der Waals surface area contributed by atoms with E-state index in [-0.39, 0.29) is 23.8 Å². The number of carbonyl (C=O) groups excluding carboxylic acids is 2. The van der Waals surface area contributed by atoms with Crippen molar-refractivity contribution in [2.45, 2.75) is 39.3 Å². The number of rotatable bonds is 5. The first-order chi connectivity index (χ1) is 12.6. The van der Waals surface area contributed by atoms with Crippen LogP contribution in [0.4, 0.5) is 0 Å². The molecule has 2 aromatic carbocycles. The molecule has 0 aromatic heterocycles. The average Bonchev–Trinajstić information content (AvgIpc) is 2.67. The lowest BCUT2D eigenvalue weighted by atomic mass is 9.82. The fraction of sp³-hybridized carbons (Fsp3) is 0.364. The fourth-order valence-electron chi connectivity index (χ4n) is 3.82. The summed E-state index contributed by atoms with van der Waals surface area (Å²) in [6, 6.07) is 17.8. The van der Waals surface area contributed by atoms with Crippen LogP contribution < -0.4 is 5.32 Å². The maximum absolute atomic E-state index is 13.0. The second-order valence-electron chi connectivity index (χ2n) is 6.83. The first-order valence-electron chi connectivity index (χ1n) is 9.28. The summed E-state index contributed by atoms with van der Waals surface area (Å²) in [5.41, 5.74) is 3.27. The van der Waals surface area contributed by atoms with E-state index < -0.39 is 0 Å². The SMILES string of the molecule is CCN1C(=O)CC[C@@H](C(=O)NCc2ccccc2)[C@@H]1c1ccccc1C. The van der Waals surface area contributed by atoms with E-state index in [1.165, 1.54) is 0 Å². The van der Waals surface area contributed by atoms with Crippen molar-refractivity contribution in [1.82, 2.24) is 10.2 Å². The number of piperidine rings is 1. The second kappa shape index (κ2) is 8.17. The molecular formula is C22H26N2O2. The molecule has 0 radical (unpaired) electrons. The molecule has 1 N–H and O–H groups in total. The van der Waals surface area contributed by atoms with Gasteiger partial charge in [-0.3, -0.25) is 9.59 Å². The van der Waals surface area contributed by atoms with E-state index >= 15 is 0 Å². The molecule has 0 bridgehead atoms. The summed E-state index contributed by atoms with van der Waals surface area (Å²) in [4.78, 5) is 27.3. The Labute approximate surface area is 155 Å².